The second-order valence-corrected chi connectivity index (χ2v) is 10.7. The fraction of sp³-hybridized carbons (Fsp3) is 0.462. The normalized spacial score (nSPS) is 14.6. The molecule has 1 aromatic carbocycles. The van der Waals surface area contributed by atoms with Crippen LogP contribution in [0.15, 0.2) is 46.2 Å². The highest BCUT2D eigenvalue weighted by Crippen LogP contribution is 2.37. The van der Waals surface area contributed by atoms with E-state index in [-0.39, 0.29) is 0 Å². The van der Waals surface area contributed by atoms with Crippen LogP contribution in [-0.4, -0.2) is 36.3 Å². The Balaban J connectivity index is 0.000000247. The number of nitrogens with zero attached hydrogens (tertiary/aromatic N) is 2. The van der Waals surface area contributed by atoms with Crippen molar-refractivity contribution >= 4 is 39.4 Å². The molecule has 1 aromatic heterocycles. The standard InChI is InChI=1S/C13H14F3NO.C13H20N2S2/c14-13(15,16)12-3-1-10(2-4-12)7-17-8-11(9-17)5-6-18;1-6-7-10(4)17-12(9(2)3)11-8-16-13(14-5)15-11/h1-4,6,11H,5,7-9H2;7-8H,6H2,1-5H3,(H,14,15)/b;10-7+. The molecule has 1 aliphatic heterocycles. The van der Waals surface area contributed by atoms with Crippen molar-refractivity contribution < 1.29 is 18.0 Å². The van der Waals surface area contributed by atoms with Crippen molar-refractivity contribution in [3.05, 3.63) is 63.0 Å². The fourth-order valence-corrected chi connectivity index (χ4v) is 5.26. The van der Waals surface area contributed by atoms with E-state index in [1.54, 1.807) is 11.3 Å². The van der Waals surface area contributed by atoms with E-state index < -0.39 is 11.7 Å². The minimum atomic E-state index is -4.27. The van der Waals surface area contributed by atoms with Crippen LogP contribution in [0.25, 0.3) is 4.91 Å². The molecule has 0 bridgehead atoms. The van der Waals surface area contributed by atoms with Gasteiger partial charge in [0.2, 0.25) is 0 Å². The minimum absolute atomic E-state index is 0.414. The Kier molecular flexibility index (Phi) is 11.5. The maximum absolute atomic E-state index is 12.4. The largest absolute Gasteiger partial charge is 0.416 e. The van der Waals surface area contributed by atoms with Crippen LogP contribution in [0.3, 0.4) is 0 Å². The number of thiazole rings is 1. The van der Waals surface area contributed by atoms with Crippen molar-refractivity contribution in [1.29, 1.82) is 0 Å². The number of carbonyl (C=O) groups excluding carboxylic acids is 1. The molecule has 0 unspecified atom stereocenters. The minimum Gasteiger partial charge on any atom is -0.365 e. The van der Waals surface area contributed by atoms with Crippen LogP contribution in [0.5, 0.6) is 0 Å². The highest BCUT2D eigenvalue weighted by molar-refractivity contribution is 8.11. The lowest BCUT2D eigenvalue weighted by atomic mass is 9.96. The summed E-state index contributed by atoms with van der Waals surface area (Å²) >= 11 is 3.46. The lowest BCUT2D eigenvalue weighted by molar-refractivity contribution is -0.137. The Morgan fingerprint density at radius 1 is 1.23 bits per heavy atom. The average molecular weight is 526 g/mol. The Morgan fingerprint density at radius 3 is 2.37 bits per heavy atom. The predicted molar refractivity (Wildman–Crippen MR) is 142 cm³/mol. The number of alkyl halides is 3. The van der Waals surface area contributed by atoms with Crippen LogP contribution in [0.2, 0.25) is 0 Å². The van der Waals surface area contributed by atoms with E-state index in [9.17, 15) is 18.0 Å². The molecule has 9 heteroatoms. The summed E-state index contributed by atoms with van der Waals surface area (Å²) in [6.07, 6.45) is 0.542. The summed E-state index contributed by atoms with van der Waals surface area (Å²) in [7, 11) is 1.90. The molecule has 0 radical (unpaired) electrons. The van der Waals surface area contributed by atoms with Crippen LogP contribution in [0.4, 0.5) is 18.3 Å². The molecule has 1 fully saturated rings. The number of thioether (sulfide) groups is 1. The number of allylic oxidation sites excluding steroid dienone is 3. The molecule has 35 heavy (non-hydrogen) atoms. The number of rotatable bonds is 9. The first-order valence-corrected chi connectivity index (χ1v) is 13.2. The number of nitrogens with one attached hydrogen (secondary N) is 1. The summed E-state index contributed by atoms with van der Waals surface area (Å²) in [4.78, 5) is 19.6. The van der Waals surface area contributed by atoms with Crippen molar-refractivity contribution in [2.75, 3.05) is 25.5 Å². The molecule has 0 aliphatic carbocycles. The SMILES string of the molecule is CC/C=C(\C)SC(=C(C)C)c1csc(NC)n1.O=CCC1CN(Cc2ccc(C(F)(F)F)cc2)C1. The molecule has 1 aliphatic rings. The zero-order valence-electron chi connectivity index (χ0n) is 20.9. The summed E-state index contributed by atoms with van der Waals surface area (Å²) in [6.45, 7) is 10.9. The lowest BCUT2D eigenvalue weighted by Crippen LogP contribution is -2.45. The van der Waals surface area contributed by atoms with Gasteiger partial charge in [0.15, 0.2) is 5.13 Å². The predicted octanol–water partition coefficient (Wildman–Crippen LogP) is 7.71. The molecule has 4 nitrogen and oxygen atoms in total. The maximum atomic E-state index is 12.4. The second-order valence-electron chi connectivity index (χ2n) is 8.60. The Morgan fingerprint density at radius 2 is 1.89 bits per heavy atom. The zero-order chi connectivity index (χ0) is 26.0. The Bertz CT molecular complexity index is 1000. The number of aldehydes is 1. The van der Waals surface area contributed by atoms with Gasteiger partial charge in [0, 0.05) is 43.4 Å². The van der Waals surface area contributed by atoms with Crippen molar-refractivity contribution in [1.82, 2.24) is 9.88 Å². The van der Waals surface area contributed by atoms with Crippen LogP contribution < -0.4 is 5.32 Å². The molecule has 192 valence electrons. The number of carbonyl (C=O) groups is 1. The smallest absolute Gasteiger partial charge is 0.365 e. The third-order valence-electron chi connectivity index (χ3n) is 5.31. The van der Waals surface area contributed by atoms with Gasteiger partial charge >= 0.3 is 6.18 Å². The van der Waals surface area contributed by atoms with E-state index in [1.165, 1.54) is 27.5 Å². The van der Waals surface area contributed by atoms with E-state index in [4.69, 9.17) is 0 Å². The van der Waals surface area contributed by atoms with Crippen LogP contribution in [0.1, 0.15) is 57.4 Å². The molecule has 2 heterocycles. The van der Waals surface area contributed by atoms with E-state index in [0.29, 0.717) is 18.9 Å². The summed E-state index contributed by atoms with van der Waals surface area (Å²) in [6, 6.07) is 5.24. The Labute approximate surface area is 214 Å². The maximum Gasteiger partial charge on any atom is 0.416 e. The number of likely N-dealkylation sites (tertiary alicyclic amines) is 1. The number of hydrogen-bond acceptors (Lipinski definition) is 6. The van der Waals surface area contributed by atoms with Gasteiger partial charge in [0.05, 0.1) is 11.3 Å². The zero-order valence-corrected chi connectivity index (χ0v) is 22.5. The van der Waals surface area contributed by atoms with Crippen molar-refractivity contribution in [3.8, 4) is 0 Å². The number of benzene rings is 1. The molecule has 3 rings (SSSR count). The van der Waals surface area contributed by atoms with Gasteiger partial charge in [-0.05, 0) is 55.7 Å². The molecule has 0 saturated carbocycles. The van der Waals surface area contributed by atoms with Gasteiger partial charge < -0.3 is 10.1 Å². The van der Waals surface area contributed by atoms with Gasteiger partial charge in [-0.15, -0.1) is 11.3 Å². The van der Waals surface area contributed by atoms with E-state index in [2.05, 4.69) is 54.4 Å². The summed E-state index contributed by atoms with van der Waals surface area (Å²) in [5, 5.41) is 6.16. The molecule has 1 saturated heterocycles. The highest BCUT2D eigenvalue weighted by atomic mass is 32.2. The fourth-order valence-electron chi connectivity index (χ4n) is 3.54. The van der Waals surface area contributed by atoms with Gasteiger partial charge in [-0.25, -0.2) is 4.98 Å². The van der Waals surface area contributed by atoms with Gasteiger partial charge in [0.1, 0.15) is 6.29 Å². The topological polar surface area (TPSA) is 45.2 Å². The quantitative estimate of drug-likeness (QED) is 0.340. The van der Waals surface area contributed by atoms with Gasteiger partial charge in [-0.2, -0.15) is 13.2 Å². The van der Waals surface area contributed by atoms with E-state index >= 15 is 0 Å². The molecule has 0 spiro atoms. The number of anilines is 1. The summed E-state index contributed by atoms with van der Waals surface area (Å²) in [5.41, 5.74) is 2.64. The third-order valence-corrected chi connectivity index (χ3v) is 7.48. The molecular weight excluding hydrogens is 491 g/mol. The lowest BCUT2D eigenvalue weighted by Gasteiger charge is -2.38. The first-order valence-electron chi connectivity index (χ1n) is 11.5. The molecular formula is C26H34F3N3OS2. The summed E-state index contributed by atoms with van der Waals surface area (Å²) in [5.74, 6) is 0.414. The third kappa shape index (κ3) is 9.46. The number of hydrogen-bond donors (Lipinski definition) is 1. The molecule has 2 aromatic rings. The van der Waals surface area contributed by atoms with Gasteiger partial charge in [-0.3, -0.25) is 4.90 Å². The molecule has 0 atom stereocenters. The number of aromatic nitrogens is 1. The average Bonchev–Trinajstić information content (AvgIpc) is 3.25. The van der Waals surface area contributed by atoms with Crippen LogP contribution >= 0.6 is 23.1 Å². The highest BCUT2D eigenvalue weighted by Gasteiger charge is 2.30. The van der Waals surface area contributed by atoms with E-state index in [0.717, 1.165) is 54.3 Å². The Hall–Kier alpha value is -2.10. The van der Waals surface area contributed by atoms with Crippen molar-refractivity contribution in [3.63, 3.8) is 0 Å². The first kappa shape index (κ1) is 29.1. The van der Waals surface area contributed by atoms with E-state index in [1.807, 2.05) is 18.8 Å². The number of halogens is 3. The van der Waals surface area contributed by atoms with Crippen LogP contribution in [0, 0.1) is 5.92 Å². The first-order chi connectivity index (χ1) is 16.6. The monoisotopic (exact) mass is 525 g/mol. The second kappa shape index (κ2) is 13.8. The van der Waals surface area contributed by atoms with Gasteiger partial charge in [-0.1, -0.05) is 42.5 Å². The van der Waals surface area contributed by atoms with Gasteiger partial charge in [0.25, 0.3) is 0 Å². The van der Waals surface area contributed by atoms with Crippen molar-refractivity contribution in [2.24, 2.45) is 5.92 Å². The molecule has 0 amide bonds. The van der Waals surface area contributed by atoms with Crippen molar-refractivity contribution in [2.45, 2.75) is 53.3 Å². The summed E-state index contributed by atoms with van der Waals surface area (Å²) < 4.78 is 37.1. The molecule has 1 N–H and O–H groups in total. The van der Waals surface area contributed by atoms with Crippen LogP contribution in [-0.2, 0) is 17.5 Å².